The van der Waals surface area contributed by atoms with Crippen LogP contribution in [0.5, 0.6) is 5.75 Å². The predicted octanol–water partition coefficient (Wildman–Crippen LogP) is 3.07. The van der Waals surface area contributed by atoms with E-state index in [1.165, 1.54) is 30.5 Å². The SMILES string of the molecule is N#CCOc1ccc(C=NNC(=O)CN(c2ccc(F)cc2)S(=O)(=O)c2ccccc2)cc1. The molecule has 10 heteroatoms. The number of sulfonamides is 1. The lowest BCUT2D eigenvalue weighted by molar-refractivity contribution is -0.119. The van der Waals surface area contributed by atoms with Crippen LogP contribution in [-0.4, -0.2) is 33.7 Å². The number of hydrogen-bond acceptors (Lipinski definition) is 6. The summed E-state index contributed by atoms with van der Waals surface area (Å²) in [4.78, 5) is 12.5. The first-order valence-electron chi connectivity index (χ1n) is 9.65. The number of halogens is 1. The highest BCUT2D eigenvalue weighted by molar-refractivity contribution is 7.92. The second-order valence-electron chi connectivity index (χ2n) is 6.61. The van der Waals surface area contributed by atoms with Gasteiger partial charge in [-0.3, -0.25) is 9.10 Å². The van der Waals surface area contributed by atoms with Crippen molar-refractivity contribution in [2.75, 3.05) is 17.5 Å². The van der Waals surface area contributed by atoms with E-state index in [0.717, 1.165) is 16.4 Å². The van der Waals surface area contributed by atoms with Gasteiger partial charge in [-0.25, -0.2) is 18.2 Å². The van der Waals surface area contributed by atoms with Crippen LogP contribution in [0.15, 0.2) is 88.9 Å². The molecule has 0 aliphatic heterocycles. The average Bonchev–Trinajstić information content (AvgIpc) is 2.83. The Balaban J connectivity index is 1.73. The number of nitrogens with zero attached hydrogens (tertiary/aromatic N) is 3. The van der Waals surface area contributed by atoms with Crippen LogP contribution in [0.3, 0.4) is 0 Å². The van der Waals surface area contributed by atoms with Crippen molar-refractivity contribution in [3.05, 3.63) is 90.2 Å². The van der Waals surface area contributed by atoms with Crippen molar-refractivity contribution in [1.82, 2.24) is 5.43 Å². The van der Waals surface area contributed by atoms with Crippen molar-refractivity contribution in [2.24, 2.45) is 5.10 Å². The molecule has 3 aromatic rings. The first-order valence-corrected chi connectivity index (χ1v) is 11.1. The minimum atomic E-state index is -4.09. The largest absolute Gasteiger partial charge is 0.479 e. The van der Waals surface area contributed by atoms with Crippen molar-refractivity contribution in [1.29, 1.82) is 5.26 Å². The zero-order chi connectivity index (χ0) is 23.7. The standard InChI is InChI=1S/C23H19FN4O4S/c24-19-8-10-20(11-9-19)28(33(30,31)22-4-2-1-3-5-22)17-23(29)27-26-16-18-6-12-21(13-7-18)32-15-14-25/h1-13,16H,15,17H2,(H,27,29). The number of hydrogen-bond donors (Lipinski definition) is 1. The second-order valence-corrected chi connectivity index (χ2v) is 8.47. The Bertz CT molecular complexity index is 1260. The highest BCUT2D eigenvalue weighted by atomic mass is 32.2. The number of hydrazone groups is 1. The quantitative estimate of drug-likeness (QED) is 0.385. The first kappa shape index (κ1) is 23.4. The molecule has 0 fully saturated rings. The molecule has 0 heterocycles. The van der Waals surface area contributed by atoms with Crippen LogP contribution in [0.2, 0.25) is 0 Å². The van der Waals surface area contributed by atoms with Crippen LogP contribution in [-0.2, 0) is 14.8 Å². The minimum Gasteiger partial charge on any atom is -0.479 e. The Morgan fingerprint density at radius 3 is 2.36 bits per heavy atom. The van der Waals surface area contributed by atoms with Gasteiger partial charge in [-0.15, -0.1) is 0 Å². The fourth-order valence-electron chi connectivity index (χ4n) is 2.75. The van der Waals surface area contributed by atoms with E-state index < -0.39 is 28.3 Å². The van der Waals surface area contributed by atoms with Gasteiger partial charge in [0.15, 0.2) is 6.61 Å². The summed E-state index contributed by atoms with van der Waals surface area (Å²) in [7, 11) is -4.09. The van der Waals surface area contributed by atoms with E-state index in [1.807, 2.05) is 6.07 Å². The first-order chi connectivity index (χ1) is 15.9. The van der Waals surface area contributed by atoms with Crippen molar-refractivity contribution in [3.63, 3.8) is 0 Å². The summed E-state index contributed by atoms with van der Waals surface area (Å²) in [5.74, 6) is -0.711. The minimum absolute atomic E-state index is 0.00988. The smallest absolute Gasteiger partial charge is 0.264 e. The maximum Gasteiger partial charge on any atom is 0.264 e. The van der Waals surface area contributed by atoms with E-state index in [9.17, 15) is 17.6 Å². The zero-order valence-electron chi connectivity index (χ0n) is 17.3. The fraction of sp³-hybridized carbons (Fsp3) is 0.0870. The van der Waals surface area contributed by atoms with Gasteiger partial charge in [0.1, 0.15) is 24.2 Å². The summed E-state index contributed by atoms with van der Waals surface area (Å²) in [5.41, 5.74) is 3.07. The Labute approximate surface area is 190 Å². The van der Waals surface area contributed by atoms with Crippen LogP contribution in [0.4, 0.5) is 10.1 Å². The maximum absolute atomic E-state index is 13.4. The molecule has 0 spiro atoms. The summed E-state index contributed by atoms with van der Waals surface area (Å²) < 4.78 is 45.7. The van der Waals surface area contributed by atoms with Crippen LogP contribution >= 0.6 is 0 Å². The molecule has 0 bridgehead atoms. The van der Waals surface area contributed by atoms with Gasteiger partial charge >= 0.3 is 0 Å². The van der Waals surface area contributed by atoms with E-state index in [4.69, 9.17) is 10.00 Å². The highest BCUT2D eigenvalue weighted by Gasteiger charge is 2.27. The average molecular weight is 466 g/mol. The third-order valence-electron chi connectivity index (χ3n) is 4.32. The molecule has 3 rings (SSSR count). The number of carbonyl (C=O) groups is 1. The van der Waals surface area contributed by atoms with Crippen LogP contribution in [0.25, 0.3) is 0 Å². The number of anilines is 1. The van der Waals surface area contributed by atoms with E-state index >= 15 is 0 Å². The summed E-state index contributed by atoms with van der Waals surface area (Å²) in [6.07, 6.45) is 1.37. The van der Waals surface area contributed by atoms with Gasteiger partial charge < -0.3 is 4.74 Å². The number of nitriles is 1. The molecular formula is C23H19FN4O4S. The van der Waals surface area contributed by atoms with Crippen LogP contribution in [0.1, 0.15) is 5.56 Å². The van der Waals surface area contributed by atoms with E-state index in [0.29, 0.717) is 11.3 Å². The third kappa shape index (κ3) is 6.38. The normalized spacial score (nSPS) is 11.0. The van der Waals surface area contributed by atoms with Gasteiger partial charge in [0.25, 0.3) is 15.9 Å². The van der Waals surface area contributed by atoms with Gasteiger partial charge in [-0.05, 0) is 66.2 Å². The Hall–Kier alpha value is -4.23. The Kier molecular flexibility index (Phi) is 7.73. The molecule has 0 atom stereocenters. The lowest BCUT2D eigenvalue weighted by Crippen LogP contribution is -2.39. The molecule has 0 aliphatic rings. The highest BCUT2D eigenvalue weighted by Crippen LogP contribution is 2.23. The molecule has 0 saturated carbocycles. The molecule has 1 N–H and O–H groups in total. The molecule has 0 radical (unpaired) electrons. The van der Waals surface area contributed by atoms with E-state index in [-0.39, 0.29) is 17.2 Å². The van der Waals surface area contributed by atoms with Gasteiger partial charge in [0.05, 0.1) is 16.8 Å². The van der Waals surface area contributed by atoms with Crippen LogP contribution < -0.4 is 14.5 Å². The summed E-state index contributed by atoms with van der Waals surface area (Å²) in [6, 6.07) is 20.9. The summed E-state index contributed by atoms with van der Waals surface area (Å²) in [6.45, 7) is -0.638. The van der Waals surface area contributed by atoms with E-state index in [1.54, 1.807) is 42.5 Å². The molecule has 1 amide bonds. The number of ether oxygens (including phenoxy) is 1. The number of rotatable bonds is 9. The second kappa shape index (κ2) is 10.9. The van der Waals surface area contributed by atoms with Crippen LogP contribution in [0, 0.1) is 17.1 Å². The fourth-order valence-corrected chi connectivity index (χ4v) is 4.19. The van der Waals surface area contributed by atoms with Crippen molar-refractivity contribution < 1.29 is 22.3 Å². The lowest BCUT2D eigenvalue weighted by atomic mass is 10.2. The van der Waals surface area contributed by atoms with E-state index in [2.05, 4.69) is 10.5 Å². The van der Waals surface area contributed by atoms with Gasteiger partial charge in [-0.1, -0.05) is 18.2 Å². The lowest BCUT2D eigenvalue weighted by Gasteiger charge is -2.23. The molecule has 168 valence electrons. The van der Waals surface area contributed by atoms with Crippen molar-refractivity contribution in [2.45, 2.75) is 4.90 Å². The Morgan fingerprint density at radius 2 is 1.73 bits per heavy atom. The number of benzene rings is 3. The molecule has 8 nitrogen and oxygen atoms in total. The molecule has 0 unspecified atom stereocenters. The molecule has 3 aromatic carbocycles. The van der Waals surface area contributed by atoms with Gasteiger partial charge in [0, 0.05) is 0 Å². The molecule has 0 aromatic heterocycles. The Morgan fingerprint density at radius 1 is 1.06 bits per heavy atom. The molecule has 0 aliphatic carbocycles. The predicted molar refractivity (Wildman–Crippen MR) is 121 cm³/mol. The molecular weight excluding hydrogens is 447 g/mol. The molecule has 33 heavy (non-hydrogen) atoms. The monoisotopic (exact) mass is 466 g/mol. The summed E-state index contributed by atoms with van der Waals surface area (Å²) in [5, 5.41) is 12.4. The van der Waals surface area contributed by atoms with Gasteiger partial charge in [-0.2, -0.15) is 10.4 Å². The number of nitrogens with one attached hydrogen (secondary N) is 1. The van der Waals surface area contributed by atoms with Crippen molar-refractivity contribution in [3.8, 4) is 11.8 Å². The number of amides is 1. The third-order valence-corrected chi connectivity index (χ3v) is 6.11. The van der Waals surface area contributed by atoms with Crippen molar-refractivity contribution >= 4 is 27.8 Å². The maximum atomic E-state index is 13.4. The zero-order valence-corrected chi connectivity index (χ0v) is 18.1. The topological polar surface area (TPSA) is 112 Å². The summed E-state index contributed by atoms with van der Waals surface area (Å²) >= 11 is 0. The molecule has 0 saturated heterocycles. The number of carbonyl (C=O) groups excluding carboxylic acids is 1. The van der Waals surface area contributed by atoms with Gasteiger partial charge in [0.2, 0.25) is 0 Å².